The van der Waals surface area contributed by atoms with E-state index in [4.69, 9.17) is 9.72 Å². The van der Waals surface area contributed by atoms with Crippen molar-refractivity contribution >= 4 is 22.9 Å². The molecule has 2 aliphatic rings. The number of hydrogen-bond donors (Lipinski definition) is 0. The molecule has 12 heteroatoms. The van der Waals surface area contributed by atoms with Crippen molar-refractivity contribution in [2.24, 2.45) is 0 Å². The van der Waals surface area contributed by atoms with Gasteiger partial charge in [-0.1, -0.05) is 48.5 Å². The van der Waals surface area contributed by atoms with E-state index in [0.29, 0.717) is 18.7 Å². The number of anilines is 1. The molecule has 2 N–H and O–H groups in total. The predicted octanol–water partition coefficient (Wildman–Crippen LogP) is 3.53. The average Bonchev–Trinajstić information content (AvgIpc) is 3.84. The summed E-state index contributed by atoms with van der Waals surface area (Å²) in [4.78, 5) is 26.2. The van der Waals surface area contributed by atoms with Gasteiger partial charge in [-0.2, -0.15) is 0 Å². The smallest absolute Gasteiger partial charge is 0.254 e. The summed E-state index contributed by atoms with van der Waals surface area (Å²) >= 11 is 0. The molecule has 2 fully saturated rings. The van der Waals surface area contributed by atoms with Crippen LogP contribution < -0.4 is 4.90 Å². The van der Waals surface area contributed by atoms with Crippen LogP contribution in [0.1, 0.15) is 40.7 Å². The van der Waals surface area contributed by atoms with Crippen LogP contribution in [0.5, 0.6) is 0 Å². The Balaban J connectivity index is 0.00000401. The van der Waals surface area contributed by atoms with Gasteiger partial charge in [-0.25, -0.2) is 9.67 Å². The molecular weight excluding hydrogens is 606 g/mol. The Hall–Kier alpha value is -4.65. The first-order chi connectivity index (χ1) is 23.0. The number of para-hydroxylation sites is 2. The number of ether oxygens (including phenoxy) is 1. The van der Waals surface area contributed by atoms with Gasteiger partial charge in [0.05, 0.1) is 23.3 Å². The number of carbonyl (C=O) groups excluding carboxylic acids is 1. The minimum Gasteiger partial charge on any atom is -0.412 e. The second kappa shape index (κ2) is 14.6. The van der Waals surface area contributed by atoms with Crippen molar-refractivity contribution in [3.05, 3.63) is 95.8 Å². The van der Waals surface area contributed by atoms with Crippen molar-refractivity contribution in [3.63, 3.8) is 0 Å². The monoisotopic (exact) mass is 651 g/mol. The minimum absolute atomic E-state index is 0. The highest BCUT2D eigenvalue weighted by molar-refractivity contribution is 5.96. The zero-order valence-corrected chi connectivity index (χ0v) is 27.8. The lowest BCUT2D eigenvalue weighted by atomic mass is 9.76. The van der Waals surface area contributed by atoms with Crippen LogP contribution in [0.15, 0.2) is 79.1 Å². The van der Waals surface area contributed by atoms with E-state index in [0.717, 1.165) is 93.3 Å². The molecule has 3 aromatic carbocycles. The molecule has 48 heavy (non-hydrogen) atoms. The van der Waals surface area contributed by atoms with Gasteiger partial charge in [0, 0.05) is 57.4 Å². The number of hydrogen-bond acceptors (Lipinski definition) is 8. The van der Waals surface area contributed by atoms with Gasteiger partial charge in [-0.15, -0.1) is 5.10 Å². The van der Waals surface area contributed by atoms with Crippen molar-refractivity contribution in [3.8, 4) is 5.69 Å². The topological polar surface area (TPSA) is 129 Å². The van der Waals surface area contributed by atoms with Crippen LogP contribution in [0.2, 0.25) is 0 Å². The van der Waals surface area contributed by atoms with Gasteiger partial charge in [0.25, 0.3) is 5.91 Å². The summed E-state index contributed by atoms with van der Waals surface area (Å²) in [5, 5.41) is 11.5. The van der Waals surface area contributed by atoms with Gasteiger partial charge < -0.3 is 29.5 Å². The average molecular weight is 652 g/mol. The molecule has 7 rings (SSSR count). The van der Waals surface area contributed by atoms with Crippen LogP contribution in [0.4, 0.5) is 5.95 Å². The Bertz CT molecular complexity index is 1810. The summed E-state index contributed by atoms with van der Waals surface area (Å²) in [5.74, 6) is 1.10. The van der Waals surface area contributed by atoms with Crippen molar-refractivity contribution in [1.82, 2.24) is 39.6 Å². The lowest BCUT2D eigenvalue weighted by Gasteiger charge is -2.33. The molecule has 2 aromatic heterocycles. The first-order valence-electron chi connectivity index (χ1n) is 16.6. The number of likely N-dealkylation sites (tertiary alicyclic amines) is 1. The zero-order chi connectivity index (χ0) is 32.2. The molecule has 2 saturated heterocycles. The van der Waals surface area contributed by atoms with Gasteiger partial charge in [0.15, 0.2) is 0 Å². The number of aryl methyl sites for hydroxylation is 1. The molecule has 2 aliphatic heterocycles. The van der Waals surface area contributed by atoms with E-state index in [1.54, 1.807) is 18.1 Å². The molecule has 1 atom stereocenters. The third-order valence-corrected chi connectivity index (χ3v) is 10.0. The third-order valence-electron chi connectivity index (χ3n) is 10.0. The van der Waals surface area contributed by atoms with Crippen LogP contribution in [0.3, 0.4) is 0 Å². The van der Waals surface area contributed by atoms with Crippen LogP contribution >= 0.6 is 0 Å². The summed E-state index contributed by atoms with van der Waals surface area (Å²) in [6.07, 6.45) is 4.57. The third kappa shape index (κ3) is 6.69. The number of carbonyl (C=O) groups is 1. The number of amides is 1. The number of tetrazole rings is 1. The van der Waals surface area contributed by atoms with Crippen molar-refractivity contribution in [2.45, 2.75) is 38.1 Å². The van der Waals surface area contributed by atoms with Crippen LogP contribution in [0.25, 0.3) is 16.7 Å². The van der Waals surface area contributed by atoms with Gasteiger partial charge in [0.1, 0.15) is 6.33 Å². The minimum atomic E-state index is -0.0988. The van der Waals surface area contributed by atoms with Crippen molar-refractivity contribution in [2.75, 3.05) is 64.4 Å². The predicted molar refractivity (Wildman–Crippen MR) is 186 cm³/mol. The SMILES string of the molecule is COCCn1c(N2CCCN(CCC3(c4ccccc4)CCN(C(=O)c4cc(-n5cnnn5)ccc4C)C3)CC2)nc2ccccc21.O. The standard InChI is InChI=1S/C36H43N9O2.H2O/c1-28-13-14-30(45-27-37-39-40-45)25-31(28)34(46)43-20-16-36(26-43,29-9-4-3-5-10-29)15-19-41-17-8-18-42(22-21-41)35-38-32-11-6-7-12-33(32)44(35)23-24-47-2;/h3-7,9-14,25,27H,8,15-24,26H2,1-2H3;1H2. The maximum absolute atomic E-state index is 14.0. The number of imidazole rings is 1. The highest BCUT2D eigenvalue weighted by atomic mass is 16.5. The number of aromatic nitrogens is 6. The lowest BCUT2D eigenvalue weighted by molar-refractivity contribution is 0.0780. The number of methoxy groups -OCH3 is 1. The largest absolute Gasteiger partial charge is 0.412 e. The molecule has 0 spiro atoms. The molecule has 0 saturated carbocycles. The fourth-order valence-electron chi connectivity index (χ4n) is 7.33. The summed E-state index contributed by atoms with van der Waals surface area (Å²) in [5.41, 5.74) is 5.84. The summed E-state index contributed by atoms with van der Waals surface area (Å²) in [6, 6.07) is 25.0. The second-order valence-corrected chi connectivity index (χ2v) is 12.9. The molecule has 4 heterocycles. The summed E-state index contributed by atoms with van der Waals surface area (Å²) in [6.45, 7) is 9.77. The Labute approximate surface area is 281 Å². The first-order valence-corrected chi connectivity index (χ1v) is 16.6. The molecule has 0 radical (unpaired) electrons. The van der Waals surface area contributed by atoms with Gasteiger partial charge in [0.2, 0.25) is 5.95 Å². The molecule has 0 aliphatic carbocycles. The van der Waals surface area contributed by atoms with E-state index in [2.05, 4.69) is 84.5 Å². The van der Waals surface area contributed by atoms with Gasteiger partial charge in [-0.3, -0.25) is 4.79 Å². The van der Waals surface area contributed by atoms with Crippen LogP contribution in [-0.2, 0) is 16.7 Å². The molecule has 252 valence electrons. The fourth-order valence-corrected chi connectivity index (χ4v) is 7.33. The van der Waals surface area contributed by atoms with E-state index >= 15 is 0 Å². The maximum Gasteiger partial charge on any atom is 0.254 e. The van der Waals surface area contributed by atoms with E-state index in [9.17, 15) is 4.79 Å². The first kappa shape index (κ1) is 33.3. The van der Waals surface area contributed by atoms with Gasteiger partial charge in [-0.05, 0) is 85.1 Å². The molecule has 1 unspecified atom stereocenters. The normalized spacial score (nSPS) is 18.6. The molecule has 1 amide bonds. The van der Waals surface area contributed by atoms with E-state index in [1.165, 1.54) is 5.56 Å². The molecule has 12 nitrogen and oxygen atoms in total. The Morgan fingerprint density at radius 2 is 1.77 bits per heavy atom. The highest BCUT2D eigenvalue weighted by Gasteiger charge is 2.42. The Kier molecular flexibility index (Phi) is 10.1. The molecule has 5 aromatic rings. The Morgan fingerprint density at radius 1 is 0.938 bits per heavy atom. The number of fused-ring (bicyclic) bond motifs is 1. The Morgan fingerprint density at radius 3 is 2.58 bits per heavy atom. The molecular formula is C36H45N9O3. The van der Waals surface area contributed by atoms with E-state index in [-0.39, 0.29) is 16.8 Å². The number of nitrogens with zero attached hydrogens (tertiary/aromatic N) is 9. The van der Waals surface area contributed by atoms with Crippen LogP contribution in [0, 0.1) is 6.92 Å². The van der Waals surface area contributed by atoms with Crippen molar-refractivity contribution in [1.29, 1.82) is 0 Å². The quantitative estimate of drug-likeness (QED) is 0.224. The van der Waals surface area contributed by atoms with E-state index in [1.807, 2.05) is 30.0 Å². The highest BCUT2D eigenvalue weighted by Crippen LogP contribution is 2.39. The van der Waals surface area contributed by atoms with Crippen molar-refractivity contribution < 1.29 is 15.0 Å². The summed E-state index contributed by atoms with van der Waals surface area (Å²) in [7, 11) is 1.75. The van der Waals surface area contributed by atoms with Gasteiger partial charge >= 0.3 is 0 Å². The zero-order valence-electron chi connectivity index (χ0n) is 27.8. The summed E-state index contributed by atoms with van der Waals surface area (Å²) < 4.78 is 9.34. The maximum atomic E-state index is 14.0. The van der Waals surface area contributed by atoms with E-state index < -0.39 is 0 Å². The molecule has 0 bridgehead atoms. The lowest BCUT2D eigenvalue weighted by Crippen LogP contribution is -2.39. The fraction of sp³-hybridized carbons (Fsp3) is 0.417. The number of benzene rings is 3. The second-order valence-electron chi connectivity index (χ2n) is 12.9. The number of rotatable bonds is 10. The van der Waals surface area contributed by atoms with Crippen LogP contribution in [-0.4, -0.2) is 110 Å².